The van der Waals surface area contributed by atoms with Crippen LogP contribution in [0, 0.1) is 0 Å². The van der Waals surface area contributed by atoms with E-state index in [1.165, 1.54) is 0 Å². The van der Waals surface area contributed by atoms with Crippen molar-refractivity contribution >= 4 is 17.1 Å². The van der Waals surface area contributed by atoms with Gasteiger partial charge in [0.2, 0.25) is 11.0 Å². The zero-order valence-corrected chi connectivity index (χ0v) is 9.70. The van der Waals surface area contributed by atoms with Crippen molar-refractivity contribution in [2.24, 2.45) is 0 Å². The van der Waals surface area contributed by atoms with Gasteiger partial charge in [-0.25, -0.2) is 13.3 Å². The minimum absolute atomic E-state index is 0.218. The summed E-state index contributed by atoms with van der Waals surface area (Å²) in [5, 5.41) is 0. The molecule has 1 unspecified atom stereocenters. The molecule has 8 heteroatoms. The fourth-order valence-corrected chi connectivity index (χ4v) is 2.44. The second kappa shape index (κ2) is 4.60. The first-order chi connectivity index (χ1) is 8.41. The lowest BCUT2D eigenvalue weighted by molar-refractivity contribution is -0.0423. The Balaban J connectivity index is 2.32. The number of hydrogen-bond donors (Lipinski definition) is 0. The number of carbonyl (C=O) groups excluding carboxylic acids is 1. The minimum atomic E-state index is -4.99. The topological polar surface area (TPSA) is 46.6 Å². The number of cyclic esters (lactones) is 1. The summed E-state index contributed by atoms with van der Waals surface area (Å²) in [4.78, 5) is 11.3. The van der Waals surface area contributed by atoms with Crippen LogP contribution in [0.1, 0.15) is 11.6 Å². The molecule has 2 atom stereocenters. The second-order valence-electron chi connectivity index (χ2n) is 3.52. The van der Waals surface area contributed by atoms with Crippen molar-refractivity contribution in [3.8, 4) is 0 Å². The van der Waals surface area contributed by atoms with E-state index in [1.807, 2.05) is 0 Å². The highest BCUT2D eigenvalue weighted by Crippen LogP contribution is 2.34. The predicted octanol–water partition coefficient (Wildman–Crippen LogP) is 2.36. The standard InChI is InChI=1S/C10H8F3NO3S/c11-10(12,13)18(16)14-8(6-17-9(14)15)7-4-2-1-3-5-7/h1-5,8H,6H2/t8-,18?/m0/s1. The number of benzene rings is 1. The first kappa shape index (κ1) is 12.9. The summed E-state index contributed by atoms with van der Waals surface area (Å²) in [6.45, 7) is -0.245. The molecule has 0 aliphatic carbocycles. The first-order valence-corrected chi connectivity index (χ1v) is 6.01. The van der Waals surface area contributed by atoms with Crippen molar-refractivity contribution in [1.82, 2.24) is 4.31 Å². The Morgan fingerprint density at radius 1 is 1.28 bits per heavy atom. The van der Waals surface area contributed by atoms with Gasteiger partial charge in [-0.3, -0.25) is 0 Å². The number of amides is 1. The highest BCUT2D eigenvalue weighted by Gasteiger charge is 2.50. The van der Waals surface area contributed by atoms with Crippen LogP contribution in [0.5, 0.6) is 0 Å². The number of halogens is 3. The van der Waals surface area contributed by atoms with Crippen molar-refractivity contribution in [3.63, 3.8) is 0 Å². The summed E-state index contributed by atoms with van der Waals surface area (Å²) < 4.78 is 53.3. The van der Waals surface area contributed by atoms with E-state index in [1.54, 1.807) is 30.3 Å². The highest BCUT2D eigenvalue weighted by atomic mass is 32.2. The summed E-state index contributed by atoms with van der Waals surface area (Å²) in [5.74, 6) is 0. The van der Waals surface area contributed by atoms with Crippen molar-refractivity contribution in [1.29, 1.82) is 0 Å². The van der Waals surface area contributed by atoms with Gasteiger partial charge in [0.1, 0.15) is 12.6 Å². The third-order valence-electron chi connectivity index (χ3n) is 2.39. The number of ether oxygens (including phenoxy) is 1. The Hall–Kier alpha value is -1.57. The van der Waals surface area contributed by atoms with Crippen LogP contribution in [0.2, 0.25) is 0 Å². The molecule has 1 aliphatic rings. The molecule has 1 aromatic carbocycles. The predicted molar refractivity (Wildman–Crippen MR) is 56.6 cm³/mol. The van der Waals surface area contributed by atoms with E-state index in [4.69, 9.17) is 0 Å². The molecule has 0 N–H and O–H groups in total. The number of rotatable bonds is 2. The van der Waals surface area contributed by atoms with E-state index in [9.17, 15) is 22.2 Å². The molecule has 0 radical (unpaired) electrons. The molecule has 1 amide bonds. The van der Waals surface area contributed by atoms with Gasteiger partial charge in [-0.05, 0) is 5.56 Å². The molecule has 1 saturated heterocycles. The number of nitrogens with zero attached hydrogens (tertiary/aromatic N) is 1. The summed E-state index contributed by atoms with van der Waals surface area (Å²) in [6, 6.07) is 7.04. The van der Waals surface area contributed by atoms with E-state index in [0.29, 0.717) is 5.56 Å². The smallest absolute Gasteiger partial charge is 0.446 e. The lowest BCUT2D eigenvalue weighted by atomic mass is 10.1. The summed E-state index contributed by atoms with van der Waals surface area (Å²) in [5.41, 5.74) is -4.54. The molecule has 1 heterocycles. The minimum Gasteiger partial charge on any atom is -0.446 e. The number of alkyl halides is 3. The Bertz CT molecular complexity index is 477. The largest absolute Gasteiger partial charge is 0.491 e. The van der Waals surface area contributed by atoms with Gasteiger partial charge >= 0.3 is 11.6 Å². The zero-order chi connectivity index (χ0) is 13.3. The van der Waals surface area contributed by atoms with E-state index >= 15 is 0 Å². The zero-order valence-electron chi connectivity index (χ0n) is 8.89. The summed E-state index contributed by atoms with van der Waals surface area (Å²) in [7, 11) is -3.41. The van der Waals surface area contributed by atoms with Crippen LogP contribution in [0.25, 0.3) is 0 Å². The molecule has 0 aromatic heterocycles. The van der Waals surface area contributed by atoms with Crippen LogP contribution in [0.15, 0.2) is 30.3 Å². The van der Waals surface area contributed by atoms with Crippen molar-refractivity contribution in [2.45, 2.75) is 11.6 Å². The average Bonchev–Trinajstić information content (AvgIpc) is 2.70. The van der Waals surface area contributed by atoms with Gasteiger partial charge in [0.15, 0.2) is 0 Å². The Morgan fingerprint density at radius 2 is 1.89 bits per heavy atom. The molecule has 4 nitrogen and oxygen atoms in total. The van der Waals surface area contributed by atoms with Crippen LogP contribution in [-0.2, 0) is 15.7 Å². The number of hydrogen-bond acceptors (Lipinski definition) is 3. The molecular weight excluding hydrogens is 271 g/mol. The molecule has 1 aliphatic heterocycles. The molecule has 0 bridgehead atoms. The maximum Gasteiger partial charge on any atom is 0.491 e. The van der Waals surface area contributed by atoms with Crippen LogP contribution >= 0.6 is 0 Å². The fourth-order valence-electron chi connectivity index (χ4n) is 1.61. The van der Waals surface area contributed by atoms with E-state index < -0.39 is 28.6 Å². The molecule has 1 aromatic rings. The lowest BCUT2D eigenvalue weighted by Gasteiger charge is -2.21. The number of carbonyl (C=O) groups is 1. The van der Waals surface area contributed by atoms with E-state index in [-0.39, 0.29) is 10.9 Å². The van der Waals surface area contributed by atoms with Crippen LogP contribution in [0.3, 0.4) is 0 Å². The molecule has 18 heavy (non-hydrogen) atoms. The molecule has 98 valence electrons. The molecule has 0 spiro atoms. The third-order valence-corrected chi connectivity index (χ3v) is 3.55. The van der Waals surface area contributed by atoms with Crippen LogP contribution in [-0.4, -0.2) is 26.7 Å². The summed E-state index contributed by atoms with van der Waals surface area (Å²) in [6.07, 6.45) is -1.22. The van der Waals surface area contributed by atoms with Gasteiger partial charge in [0, 0.05) is 0 Å². The van der Waals surface area contributed by atoms with Gasteiger partial charge in [-0.15, -0.1) is 0 Å². The maximum absolute atomic E-state index is 12.4. The normalized spacial score (nSPS) is 21.8. The van der Waals surface area contributed by atoms with Crippen LogP contribution in [0.4, 0.5) is 18.0 Å². The third kappa shape index (κ3) is 2.33. The highest BCUT2D eigenvalue weighted by molar-refractivity contribution is 7.84. The van der Waals surface area contributed by atoms with Gasteiger partial charge in [-0.2, -0.15) is 13.2 Å². The average molecular weight is 279 g/mol. The molecule has 1 fully saturated rings. The quantitative estimate of drug-likeness (QED) is 0.835. The van der Waals surface area contributed by atoms with Crippen molar-refractivity contribution in [3.05, 3.63) is 35.9 Å². The van der Waals surface area contributed by atoms with Crippen molar-refractivity contribution < 1.29 is 26.9 Å². The lowest BCUT2D eigenvalue weighted by Crippen LogP contribution is -2.37. The summed E-state index contributed by atoms with van der Waals surface area (Å²) >= 11 is 0. The maximum atomic E-state index is 12.4. The molecular formula is C10H8F3NO3S. The van der Waals surface area contributed by atoms with Gasteiger partial charge < -0.3 is 4.74 Å². The second-order valence-corrected chi connectivity index (χ2v) is 4.88. The monoisotopic (exact) mass is 279 g/mol. The van der Waals surface area contributed by atoms with Gasteiger partial charge in [0.05, 0.1) is 0 Å². The Labute approximate surface area is 103 Å². The molecule has 2 rings (SSSR count). The van der Waals surface area contributed by atoms with Crippen LogP contribution < -0.4 is 0 Å². The molecule has 0 saturated carbocycles. The van der Waals surface area contributed by atoms with Gasteiger partial charge in [-0.1, -0.05) is 30.3 Å². The van der Waals surface area contributed by atoms with Gasteiger partial charge in [0.25, 0.3) is 0 Å². The first-order valence-electron chi connectivity index (χ1n) is 4.91. The van der Waals surface area contributed by atoms with E-state index in [2.05, 4.69) is 4.74 Å². The van der Waals surface area contributed by atoms with Crippen molar-refractivity contribution in [2.75, 3.05) is 6.61 Å². The Morgan fingerprint density at radius 3 is 2.44 bits per heavy atom. The SMILES string of the molecule is O=C1OC[C@@H](c2ccccc2)N1S(=O)C(F)(F)F. The van der Waals surface area contributed by atoms with E-state index in [0.717, 1.165) is 0 Å². The Kier molecular flexibility index (Phi) is 3.29. The fraction of sp³-hybridized carbons (Fsp3) is 0.300.